The van der Waals surface area contributed by atoms with Crippen molar-refractivity contribution in [2.45, 2.75) is 24.5 Å². The van der Waals surface area contributed by atoms with Crippen molar-refractivity contribution >= 4 is 16.5 Å². The number of ether oxygens (including phenoxy) is 1. The van der Waals surface area contributed by atoms with Crippen LogP contribution in [-0.2, 0) is 22.1 Å². The van der Waals surface area contributed by atoms with Crippen molar-refractivity contribution in [3.63, 3.8) is 0 Å². The average molecular weight is 303 g/mol. The fraction of sp³-hybridized carbons (Fsp3) is 0.294. The molecule has 0 radical (unpaired) electrons. The van der Waals surface area contributed by atoms with Crippen LogP contribution in [0.2, 0.25) is 0 Å². The van der Waals surface area contributed by atoms with Crippen LogP contribution in [0.25, 0.3) is 0 Å². The second-order valence-electron chi connectivity index (χ2n) is 4.96. The second-order valence-corrected chi connectivity index (χ2v) is 6.33. The van der Waals surface area contributed by atoms with Crippen molar-refractivity contribution in [2.24, 2.45) is 0 Å². The Bertz CT molecular complexity index is 610. The van der Waals surface area contributed by atoms with E-state index < -0.39 is 10.8 Å². The Balaban J connectivity index is 2.01. The Morgan fingerprint density at radius 1 is 1.19 bits per heavy atom. The van der Waals surface area contributed by atoms with Crippen LogP contribution in [0.5, 0.6) is 0 Å². The van der Waals surface area contributed by atoms with E-state index in [0.29, 0.717) is 0 Å². The number of hydrogen-bond donors (Lipinski definition) is 1. The lowest BCUT2D eigenvalue weighted by Gasteiger charge is -2.12. The lowest BCUT2D eigenvalue weighted by Crippen LogP contribution is -2.01. The van der Waals surface area contributed by atoms with Crippen LogP contribution in [0, 0.1) is 0 Å². The van der Waals surface area contributed by atoms with Crippen molar-refractivity contribution in [3.8, 4) is 0 Å². The molecule has 0 unspecified atom stereocenters. The molecule has 2 aromatic rings. The van der Waals surface area contributed by atoms with Gasteiger partial charge in [-0.1, -0.05) is 24.3 Å². The van der Waals surface area contributed by atoms with Crippen molar-refractivity contribution < 1.29 is 8.95 Å². The molecule has 4 heteroatoms. The first-order valence-corrected chi connectivity index (χ1v) is 8.45. The van der Waals surface area contributed by atoms with Gasteiger partial charge >= 0.3 is 0 Å². The van der Waals surface area contributed by atoms with Crippen LogP contribution < -0.4 is 5.32 Å². The molecule has 0 heterocycles. The van der Waals surface area contributed by atoms with E-state index in [0.717, 1.165) is 28.3 Å². The first-order valence-electron chi connectivity index (χ1n) is 6.89. The molecule has 0 saturated heterocycles. The van der Waals surface area contributed by atoms with Gasteiger partial charge in [-0.3, -0.25) is 4.21 Å². The molecular formula is C17H21NO2S. The van der Waals surface area contributed by atoms with E-state index in [9.17, 15) is 4.21 Å². The Labute approximate surface area is 128 Å². The molecule has 2 aromatic carbocycles. The van der Waals surface area contributed by atoms with Gasteiger partial charge in [0.05, 0.1) is 6.10 Å². The largest absolute Gasteiger partial charge is 0.381 e. The van der Waals surface area contributed by atoms with Gasteiger partial charge in [0.2, 0.25) is 0 Å². The van der Waals surface area contributed by atoms with Gasteiger partial charge in [-0.05, 0) is 42.3 Å². The smallest absolute Gasteiger partial charge is 0.0793 e. The molecule has 0 aromatic heterocycles. The predicted octanol–water partition coefficient (Wildman–Crippen LogP) is 3.74. The summed E-state index contributed by atoms with van der Waals surface area (Å²) >= 11 is 0. The molecule has 112 valence electrons. The molecule has 21 heavy (non-hydrogen) atoms. The van der Waals surface area contributed by atoms with Gasteiger partial charge in [0.1, 0.15) is 0 Å². The minimum atomic E-state index is -0.921. The summed E-state index contributed by atoms with van der Waals surface area (Å²) in [5, 5.41) is 3.40. The van der Waals surface area contributed by atoms with Gasteiger partial charge in [-0.15, -0.1) is 0 Å². The number of rotatable bonds is 6. The highest BCUT2D eigenvalue weighted by atomic mass is 32.2. The number of methoxy groups -OCH3 is 1. The molecule has 2 rings (SSSR count). The van der Waals surface area contributed by atoms with Crippen molar-refractivity contribution in [3.05, 3.63) is 59.7 Å². The topological polar surface area (TPSA) is 38.3 Å². The molecule has 0 saturated carbocycles. The van der Waals surface area contributed by atoms with Gasteiger partial charge in [-0.2, -0.15) is 0 Å². The summed E-state index contributed by atoms with van der Waals surface area (Å²) in [5.74, 6) is 0. The Morgan fingerprint density at radius 2 is 1.90 bits per heavy atom. The lowest BCUT2D eigenvalue weighted by atomic mass is 10.1. The number of benzene rings is 2. The SMILES string of the molecule is CO[C@H](C)c1cccc(NCc2ccc([S@](C)=O)cc2)c1. The summed E-state index contributed by atoms with van der Waals surface area (Å²) in [6, 6.07) is 16.1. The lowest BCUT2D eigenvalue weighted by molar-refractivity contribution is 0.119. The molecule has 0 amide bonds. The maximum absolute atomic E-state index is 11.3. The van der Waals surface area contributed by atoms with Gasteiger partial charge < -0.3 is 10.1 Å². The van der Waals surface area contributed by atoms with E-state index in [2.05, 4.69) is 17.4 Å². The third-order valence-electron chi connectivity index (χ3n) is 3.46. The van der Waals surface area contributed by atoms with Crippen molar-refractivity contribution in [2.75, 3.05) is 18.7 Å². The maximum atomic E-state index is 11.3. The summed E-state index contributed by atoms with van der Waals surface area (Å²) < 4.78 is 16.7. The van der Waals surface area contributed by atoms with Gasteiger partial charge in [0.15, 0.2) is 0 Å². The first kappa shape index (κ1) is 15.7. The van der Waals surface area contributed by atoms with Crippen LogP contribution >= 0.6 is 0 Å². The summed E-state index contributed by atoms with van der Waals surface area (Å²) in [5.41, 5.74) is 3.38. The van der Waals surface area contributed by atoms with Crippen LogP contribution in [0.4, 0.5) is 5.69 Å². The maximum Gasteiger partial charge on any atom is 0.0793 e. The average Bonchev–Trinajstić information content (AvgIpc) is 2.52. The molecule has 3 nitrogen and oxygen atoms in total. The number of anilines is 1. The minimum Gasteiger partial charge on any atom is -0.381 e. The van der Waals surface area contributed by atoms with Gasteiger partial charge in [0.25, 0.3) is 0 Å². The predicted molar refractivity (Wildman–Crippen MR) is 88.0 cm³/mol. The summed E-state index contributed by atoms with van der Waals surface area (Å²) in [6.07, 6.45) is 1.78. The van der Waals surface area contributed by atoms with E-state index in [1.165, 1.54) is 0 Å². The van der Waals surface area contributed by atoms with Crippen molar-refractivity contribution in [1.82, 2.24) is 0 Å². The van der Waals surface area contributed by atoms with E-state index in [4.69, 9.17) is 4.74 Å². The second kappa shape index (κ2) is 7.38. The quantitative estimate of drug-likeness (QED) is 0.883. The minimum absolute atomic E-state index is 0.0885. The van der Waals surface area contributed by atoms with E-state index in [-0.39, 0.29) is 6.10 Å². The zero-order valence-corrected chi connectivity index (χ0v) is 13.4. The molecule has 2 atom stereocenters. The monoisotopic (exact) mass is 303 g/mol. The third kappa shape index (κ3) is 4.41. The van der Waals surface area contributed by atoms with Crippen LogP contribution in [0.15, 0.2) is 53.4 Å². The fourth-order valence-electron chi connectivity index (χ4n) is 2.04. The Kier molecular flexibility index (Phi) is 5.53. The van der Waals surface area contributed by atoms with Crippen LogP contribution in [-0.4, -0.2) is 17.6 Å². The highest BCUT2D eigenvalue weighted by molar-refractivity contribution is 7.84. The van der Waals surface area contributed by atoms with Gasteiger partial charge in [-0.25, -0.2) is 0 Å². The number of hydrogen-bond acceptors (Lipinski definition) is 3. The summed E-state index contributed by atoms with van der Waals surface area (Å²) in [4.78, 5) is 0.856. The molecule has 0 aliphatic heterocycles. The van der Waals surface area contributed by atoms with E-state index >= 15 is 0 Å². The van der Waals surface area contributed by atoms with Crippen LogP contribution in [0.1, 0.15) is 24.2 Å². The van der Waals surface area contributed by atoms with E-state index in [1.807, 2.05) is 43.3 Å². The molecule has 0 aliphatic carbocycles. The standard InChI is InChI=1S/C17H21NO2S/c1-13(20-2)15-5-4-6-16(11-15)18-12-14-7-9-17(10-8-14)21(3)19/h4-11,13,18H,12H2,1-3H3/t13-,21+/m1/s1. The molecule has 1 N–H and O–H groups in total. The molecule has 0 aliphatic rings. The third-order valence-corrected chi connectivity index (χ3v) is 4.40. The Hall–Kier alpha value is -1.65. The fourth-order valence-corrected chi connectivity index (χ4v) is 2.56. The molecule has 0 bridgehead atoms. The van der Waals surface area contributed by atoms with Crippen molar-refractivity contribution in [1.29, 1.82) is 0 Å². The summed E-state index contributed by atoms with van der Waals surface area (Å²) in [7, 11) is 0.791. The highest BCUT2D eigenvalue weighted by Crippen LogP contribution is 2.20. The normalized spacial score (nSPS) is 13.7. The van der Waals surface area contributed by atoms with Crippen LogP contribution in [0.3, 0.4) is 0 Å². The highest BCUT2D eigenvalue weighted by Gasteiger charge is 2.04. The molecular weight excluding hydrogens is 282 g/mol. The molecule has 0 fully saturated rings. The van der Waals surface area contributed by atoms with E-state index in [1.54, 1.807) is 13.4 Å². The number of nitrogens with one attached hydrogen (secondary N) is 1. The Morgan fingerprint density at radius 3 is 2.52 bits per heavy atom. The first-order chi connectivity index (χ1) is 10.1. The summed E-state index contributed by atoms with van der Waals surface area (Å²) in [6.45, 7) is 2.77. The zero-order valence-electron chi connectivity index (χ0n) is 12.6. The molecule has 0 spiro atoms. The zero-order chi connectivity index (χ0) is 15.2. The van der Waals surface area contributed by atoms with Gasteiger partial charge in [0, 0.05) is 41.3 Å².